The summed E-state index contributed by atoms with van der Waals surface area (Å²) in [4.78, 5) is 14.4. The molecule has 2 aromatic rings. The molecular formula is C17H17Cl2N3O3. The third-order valence-corrected chi connectivity index (χ3v) is 4.75. The van der Waals surface area contributed by atoms with Crippen molar-refractivity contribution in [2.75, 3.05) is 19.8 Å². The molecule has 1 unspecified atom stereocenters. The topological polar surface area (TPSA) is 64.5 Å². The van der Waals surface area contributed by atoms with Gasteiger partial charge in [-0.3, -0.25) is 4.79 Å². The number of rotatable bonds is 4. The largest absolute Gasteiger partial charge is 0.436 e. The van der Waals surface area contributed by atoms with Crippen LogP contribution in [0.1, 0.15) is 23.8 Å². The number of halogens is 2. The summed E-state index contributed by atoms with van der Waals surface area (Å²) < 4.78 is 11.0. The van der Waals surface area contributed by atoms with Gasteiger partial charge in [-0.1, -0.05) is 36.2 Å². The van der Waals surface area contributed by atoms with Crippen molar-refractivity contribution in [2.45, 2.75) is 19.4 Å². The SMILES string of the molecule is CCC1COCCN1C(=O)c1ccc(Oc2cccc(Cl)c2Cl)nn1. The fourth-order valence-corrected chi connectivity index (χ4v) is 2.90. The minimum atomic E-state index is -0.157. The molecule has 8 heteroatoms. The lowest BCUT2D eigenvalue weighted by atomic mass is 10.1. The Hall–Kier alpha value is -1.89. The first-order chi connectivity index (χ1) is 12.1. The van der Waals surface area contributed by atoms with Crippen molar-refractivity contribution < 1.29 is 14.3 Å². The lowest BCUT2D eigenvalue weighted by molar-refractivity contribution is -0.00317. The minimum absolute atomic E-state index is 0.0595. The highest BCUT2D eigenvalue weighted by molar-refractivity contribution is 6.42. The van der Waals surface area contributed by atoms with Crippen LogP contribution >= 0.6 is 23.2 Å². The number of hydrogen-bond donors (Lipinski definition) is 0. The predicted octanol–water partition coefficient (Wildman–Crippen LogP) is 3.83. The summed E-state index contributed by atoms with van der Waals surface area (Å²) in [6.07, 6.45) is 0.827. The Morgan fingerprint density at radius 3 is 2.88 bits per heavy atom. The summed E-state index contributed by atoms with van der Waals surface area (Å²) in [7, 11) is 0. The second-order valence-electron chi connectivity index (χ2n) is 5.55. The zero-order valence-electron chi connectivity index (χ0n) is 13.6. The number of amides is 1. The highest BCUT2D eigenvalue weighted by Gasteiger charge is 2.27. The molecular weight excluding hydrogens is 365 g/mol. The van der Waals surface area contributed by atoms with Gasteiger partial charge in [0.1, 0.15) is 10.8 Å². The highest BCUT2D eigenvalue weighted by Crippen LogP contribution is 2.33. The van der Waals surface area contributed by atoms with Crippen LogP contribution in [-0.4, -0.2) is 46.8 Å². The molecule has 0 saturated carbocycles. The Morgan fingerprint density at radius 1 is 1.32 bits per heavy atom. The number of benzene rings is 1. The first-order valence-electron chi connectivity index (χ1n) is 7.94. The third kappa shape index (κ3) is 4.03. The summed E-state index contributed by atoms with van der Waals surface area (Å²) in [5.41, 5.74) is 0.268. The van der Waals surface area contributed by atoms with E-state index in [4.69, 9.17) is 32.7 Å². The van der Waals surface area contributed by atoms with E-state index < -0.39 is 0 Å². The fourth-order valence-electron chi connectivity index (χ4n) is 2.57. The Balaban J connectivity index is 1.73. The van der Waals surface area contributed by atoms with Gasteiger partial charge in [0, 0.05) is 12.6 Å². The van der Waals surface area contributed by atoms with Gasteiger partial charge < -0.3 is 14.4 Å². The van der Waals surface area contributed by atoms with Crippen molar-refractivity contribution in [3.8, 4) is 11.6 Å². The van der Waals surface area contributed by atoms with E-state index in [1.54, 1.807) is 35.2 Å². The summed E-state index contributed by atoms with van der Waals surface area (Å²) in [5, 5.41) is 8.63. The van der Waals surface area contributed by atoms with Crippen LogP contribution in [0.3, 0.4) is 0 Å². The standard InChI is InChI=1S/C17H17Cl2N3O3/c1-2-11-10-24-9-8-22(11)17(23)13-6-7-15(21-20-13)25-14-5-3-4-12(18)16(14)19/h3-7,11H,2,8-10H2,1H3. The highest BCUT2D eigenvalue weighted by atomic mass is 35.5. The molecule has 3 rings (SSSR count). The molecule has 1 aromatic heterocycles. The molecule has 0 radical (unpaired) electrons. The van der Waals surface area contributed by atoms with E-state index in [1.165, 1.54) is 0 Å². The molecule has 1 aromatic carbocycles. The van der Waals surface area contributed by atoms with Gasteiger partial charge in [0.2, 0.25) is 5.88 Å². The number of carbonyl (C=O) groups excluding carboxylic acids is 1. The fraction of sp³-hybridized carbons (Fsp3) is 0.353. The Labute approximate surface area is 155 Å². The quantitative estimate of drug-likeness (QED) is 0.804. The third-order valence-electron chi connectivity index (χ3n) is 3.95. The number of hydrogen-bond acceptors (Lipinski definition) is 5. The first kappa shape index (κ1) is 17.9. The molecule has 1 fully saturated rings. The summed E-state index contributed by atoms with van der Waals surface area (Å²) >= 11 is 12.0. The van der Waals surface area contributed by atoms with Gasteiger partial charge in [0.25, 0.3) is 5.91 Å². The van der Waals surface area contributed by atoms with E-state index in [-0.39, 0.29) is 23.5 Å². The summed E-state index contributed by atoms with van der Waals surface area (Å²) in [6.45, 7) is 3.65. The molecule has 1 aliphatic heterocycles. The maximum absolute atomic E-state index is 12.6. The molecule has 1 aliphatic rings. The van der Waals surface area contributed by atoms with Crippen LogP contribution in [0.2, 0.25) is 10.0 Å². The Bertz CT molecular complexity index is 755. The molecule has 0 N–H and O–H groups in total. The number of morpholine rings is 1. The zero-order valence-corrected chi connectivity index (χ0v) is 15.1. The maximum atomic E-state index is 12.6. The van der Waals surface area contributed by atoms with E-state index in [9.17, 15) is 4.79 Å². The van der Waals surface area contributed by atoms with Crippen LogP contribution in [0, 0.1) is 0 Å². The first-order valence-corrected chi connectivity index (χ1v) is 8.70. The molecule has 1 saturated heterocycles. The number of ether oxygens (including phenoxy) is 2. The molecule has 0 aliphatic carbocycles. The van der Waals surface area contributed by atoms with Crippen LogP contribution in [0.15, 0.2) is 30.3 Å². The second kappa shape index (κ2) is 7.99. The van der Waals surface area contributed by atoms with Crippen molar-refractivity contribution in [2.24, 2.45) is 0 Å². The average molecular weight is 382 g/mol. The van der Waals surface area contributed by atoms with E-state index in [0.717, 1.165) is 6.42 Å². The number of aromatic nitrogens is 2. The van der Waals surface area contributed by atoms with Crippen LogP contribution in [0.25, 0.3) is 0 Å². The van der Waals surface area contributed by atoms with Crippen LogP contribution in [0.5, 0.6) is 11.6 Å². The molecule has 1 atom stereocenters. The monoisotopic (exact) mass is 381 g/mol. The Morgan fingerprint density at radius 2 is 2.16 bits per heavy atom. The van der Waals surface area contributed by atoms with Crippen LogP contribution in [-0.2, 0) is 4.74 Å². The van der Waals surface area contributed by atoms with Crippen LogP contribution < -0.4 is 4.74 Å². The molecule has 132 valence electrons. The molecule has 6 nitrogen and oxygen atoms in total. The van der Waals surface area contributed by atoms with Gasteiger partial charge in [0.15, 0.2) is 5.69 Å². The van der Waals surface area contributed by atoms with E-state index in [0.29, 0.717) is 35.6 Å². The minimum Gasteiger partial charge on any atom is -0.436 e. The summed E-state index contributed by atoms with van der Waals surface area (Å²) in [5.74, 6) is 0.450. The molecule has 0 spiro atoms. The lowest BCUT2D eigenvalue weighted by Crippen LogP contribution is -2.48. The predicted molar refractivity (Wildman–Crippen MR) is 94.5 cm³/mol. The molecule has 0 bridgehead atoms. The van der Waals surface area contributed by atoms with Crippen molar-refractivity contribution in [1.82, 2.24) is 15.1 Å². The van der Waals surface area contributed by atoms with Crippen molar-refractivity contribution in [3.63, 3.8) is 0 Å². The lowest BCUT2D eigenvalue weighted by Gasteiger charge is -2.34. The molecule has 2 heterocycles. The van der Waals surface area contributed by atoms with Gasteiger partial charge in [-0.05, 0) is 24.6 Å². The van der Waals surface area contributed by atoms with E-state index in [2.05, 4.69) is 10.2 Å². The smallest absolute Gasteiger partial charge is 0.274 e. The maximum Gasteiger partial charge on any atom is 0.274 e. The van der Waals surface area contributed by atoms with Gasteiger partial charge in [-0.15, -0.1) is 10.2 Å². The second-order valence-corrected chi connectivity index (χ2v) is 6.33. The van der Waals surface area contributed by atoms with Gasteiger partial charge in [-0.2, -0.15) is 0 Å². The van der Waals surface area contributed by atoms with Crippen LogP contribution in [0.4, 0.5) is 0 Å². The average Bonchev–Trinajstić information content (AvgIpc) is 2.65. The number of nitrogens with zero attached hydrogens (tertiary/aromatic N) is 3. The molecule has 25 heavy (non-hydrogen) atoms. The van der Waals surface area contributed by atoms with E-state index >= 15 is 0 Å². The summed E-state index contributed by atoms with van der Waals surface area (Å²) in [6, 6.07) is 8.29. The Kier molecular flexibility index (Phi) is 5.73. The van der Waals surface area contributed by atoms with Gasteiger partial charge >= 0.3 is 0 Å². The van der Waals surface area contributed by atoms with Gasteiger partial charge in [0.05, 0.1) is 24.3 Å². The molecule has 1 amide bonds. The number of carbonyl (C=O) groups is 1. The van der Waals surface area contributed by atoms with Crippen molar-refractivity contribution in [3.05, 3.63) is 46.1 Å². The van der Waals surface area contributed by atoms with Crippen molar-refractivity contribution in [1.29, 1.82) is 0 Å². The van der Waals surface area contributed by atoms with Gasteiger partial charge in [-0.25, -0.2) is 0 Å². The zero-order chi connectivity index (χ0) is 17.8. The van der Waals surface area contributed by atoms with Crippen molar-refractivity contribution >= 4 is 29.1 Å². The van der Waals surface area contributed by atoms with E-state index in [1.807, 2.05) is 6.92 Å². The normalized spacial score (nSPS) is 17.4.